The van der Waals surface area contributed by atoms with E-state index in [0.717, 1.165) is 32.3 Å². The van der Waals surface area contributed by atoms with Crippen LogP contribution in [0.4, 0.5) is 0 Å². The van der Waals surface area contributed by atoms with E-state index in [9.17, 15) is 0 Å². The molecule has 20 heavy (non-hydrogen) atoms. The van der Waals surface area contributed by atoms with E-state index in [1.165, 1.54) is 24.8 Å². The number of rotatable bonds is 10. The number of methoxy groups -OCH3 is 1. The Morgan fingerprint density at radius 3 is 2.65 bits per heavy atom. The van der Waals surface area contributed by atoms with Crippen LogP contribution in [0.25, 0.3) is 0 Å². The number of nitrogens with one attached hydrogen (secondary N) is 1. The van der Waals surface area contributed by atoms with Crippen LogP contribution in [0.2, 0.25) is 0 Å². The maximum absolute atomic E-state index is 5.26. The van der Waals surface area contributed by atoms with Crippen molar-refractivity contribution in [3.8, 4) is 0 Å². The van der Waals surface area contributed by atoms with Gasteiger partial charge in [-0.15, -0.1) is 0 Å². The molecule has 1 N–H and O–H groups in total. The van der Waals surface area contributed by atoms with E-state index in [1.807, 2.05) is 0 Å². The van der Waals surface area contributed by atoms with Gasteiger partial charge in [0.05, 0.1) is 6.61 Å². The third kappa shape index (κ3) is 4.89. The number of hydrogen-bond acceptors (Lipinski definition) is 3. The van der Waals surface area contributed by atoms with E-state index in [1.54, 1.807) is 7.11 Å². The Balaban J connectivity index is 1.97. The molecule has 1 aliphatic carbocycles. The van der Waals surface area contributed by atoms with Crippen molar-refractivity contribution in [3.63, 3.8) is 0 Å². The van der Waals surface area contributed by atoms with Crippen LogP contribution in [-0.2, 0) is 4.74 Å². The van der Waals surface area contributed by atoms with Crippen LogP contribution in [0.3, 0.4) is 0 Å². The van der Waals surface area contributed by atoms with Gasteiger partial charge < -0.3 is 10.1 Å². The molecule has 0 amide bonds. The van der Waals surface area contributed by atoms with Crippen LogP contribution in [0.1, 0.15) is 37.8 Å². The van der Waals surface area contributed by atoms with Crippen LogP contribution < -0.4 is 5.32 Å². The minimum Gasteiger partial charge on any atom is -0.383 e. The van der Waals surface area contributed by atoms with Gasteiger partial charge in [-0.25, -0.2) is 0 Å². The van der Waals surface area contributed by atoms with Crippen molar-refractivity contribution < 1.29 is 4.74 Å². The van der Waals surface area contributed by atoms with Crippen molar-refractivity contribution in [1.82, 2.24) is 10.2 Å². The first-order chi connectivity index (χ1) is 9.85. The molecular formula is C17H28N2O. The summed E-state index contributed by atoms with van der Waals surface area (Å²) in [5.41, 5.74) is 1.39. The predicted octanol–water partition coefficient (Wildman–Crippen LogP) is 2.84. The summed E-state index contributed by atoms with van der Waals surface area (Å²) in [7, 11) is 1.79. The third-order valence-electron chi connectivity index (χ3n) is 3.91. The molecule has 0 bridgehead atoms. The Morgan fingerprint density at radius 1 is 1.30 bits per heavy atom. The second kappa shape index (κ2) is 8.40. The van der Waals surface area contributed by atoms with Crippen LogP contribution in [0, 0.1) is 0 Å². The third-order valence-corrected chi connectivity index (χ3v) is 3.91. The summed E-state index contributed by atoms with van der Waals surface area (Å²) in [4.78, 5) is 2.59. The molecule has 3 nitrogen and oxygen atoms in total. The number of hydrogen-bond donors (Lipinski definition) is 1. The smallest absolute Gasteiger partial charge is 0.0589 e. The number of nitrogens with zero attached hydrogens (tertiary/aromatic N) is 1. The zero-order valence-corrected chi connectivity index (χ0v) is 12.8. The standard InChI is InChI=1S/C17H28N2O/c1-3-11-18-17(15-7-5-4-6-8-15)14-19(12-13-20-2)16-9-10-16/h4-8,16-18H,3,9-14H2,1-2H3. The highest BCUT2D eigenvalue weighted by Crippen LogP contribution is 2.28. The van der Waals surface area contributed by atoms with Gasteiger partial charge in [0.15, 0.2) is 0 Å². The largest absolute Gasteiger partial charge is 0.383 e. The van der Waals surface area contributed by atoms with E-state index in [-0.39, 0.29) is 0 Å². The van der Waals surface area contributed by atoms with Gasteiger partial charge in [-0.3, -0.25) is 4.90 Å². The van der Waals surface area contributed by atoms with E-state index < -0.39 is 0 Å². The molecule has 0 aliphatic heterocycles. The molecule has 0 radical (unpaired) electrons. The highest BCUT2D eigenvalue weighted by Gasteiger charge is 2.30. The van der Waals surface area contributed by atoms with E-state index >= 15 is 0 Å². The van der Waals surface area contributed by atoms with Gasteiger partial charge in [-0.1, -0.05) is 37.3 Å². The van der Waals surface area contributed by atoms with Crippen molar-refractivity contribution in [2.75, 3.05) is 33.4 Å². The van der Waals surface area contributed by atoms with Crippen molar-refractivity contribution in [2.24, 2.45) is 0 Å². The molecule has 1 aromatic rings. The average molecular weight is 276 g/mol. The second-order valence-corrected chi connectivity index (χ2v) is 5.64. The maximum Gasteiger partial charge on any atom is 0.0589 e. The van der Waals surface area contributed by atoms with E-state index in [2.05, 4.69) is 47.5 Å². The molecule has 2 rings (SSSR count). The minimum absolute atomic E-state index is 0.425. The molecule has 0 heterocycles. The highest BCUT2D eigenvalue weighted by atomic mass is 16.5. The SMILES string of the molecule is CCCNC(CN(CCOC)C1CC1)c1ccccc1. The summed E-state index contributed by atoms with van der Waals surface area (Å²) < 4.78 is 5.26. The van der Waals surface area contributed by atoms with Crippen molar-refractivity contribution in [1.29, 1.82) is 0 Å². The van der Waals surface area contributed by atoms with Crippen LogP contribution in [0.5, 0.6) is 0 Å². The summed E-state index contributed by atoms with van der Waals surface area (Å²) in [5, 5.41) is 3.69. The summed E-state index contributed by atoms with van der Waals surface area (Å²) in [6.45, 7) is 6.24. The zero-order valence-electron chi connectivity index (χ0n) is 12.8. The molecular weight excluding hydrogens is 248 g/mol. The van der Waals surface area contributed by atoms with Gasteiger partial charge in [-0.05, 0) is 31.4 Å². The normalized spacial score (nSPS) is 16.6. The Bertz CT molecular complexity index is 365. The summed E-state index contributed by atoms with van der Waals surface area (Å²) in [5.74, 6) is 0. The van der Waals surface area contributed by atoms with Gasteiger partial charge in [0.1, 0.15) is 0 Å². The molecule has 1 atom stereocenters. The quantitative estimate of drug-likeness (QED) is 0.711. The predicted molar refractivity (Wildman–Crippen MR) is 83.9 cm³/mol. The zero-order chi connectivity index (χ0) is 14.2. The lowest BCUT2D eigenvalue weighted by Gasteiger charge is -2.28. The second-order valence-electron chi connectivity index (χ2n) is 5.64. The first-order valence-corrected chi connectivity index (χ1v) is 7.86. The number of ether oxygens (including phenoxy) is 1. The maximum atomic E-state index is 5.26. The van der Waals surface area contributed by atoms with E-state index in [0.29, 0.717) is 6.04 Å². The topological polar surface area (TPSA) is 24.5 Å². The molecule has 1 unspecified atom stereocenters. The van der Waals surface area contributed by atoms with Crippen molar-refractivity contribution >= 4 is 0 Å². The number of benzene rings is 1. The lowest BCUT2D eigenvalue weighted by atomic mass is 10.1. The molecule has 0 aromatic heterocycles. The van der Waals surface area contributed by atoms with Crippen LogP contribution in [0.15, 0.2) is 30.3 Å². The Hall–Kier alpha value is -0.900. The minimum atomic E-state index is 0.425. The fourth-order valence-electron chi connectivity index (χ4n) is 2.60. The first-order valence-electron chi connectivity index (χ1n) is 7.86. The molecule has 1 aliphatic rings. The molecule has 3 heteroatoms. The fourth-order valence-corrected chi connectivity index (χ4v) is 2.60. The fraction of sp³-hybridized carbons (Fsp3) is 0.647. The lowest BCUT2D eigenvalue weighted by molar-refractivity contribution is 0.136. The molecule has 0 spiro atoms. The van der Waals surface area contributed by atoms with Crippen molar-refractivity contribution in [2.45, 2.75) is 38.3 Å². The first kappa shape index (κ1) is 15.5. The highest BCUT2D eigenvalue weighted by molar-refractivity contribution is 5.19. The van der Waals surface area contributed by atoms with E-state index in [4.69, 9.17) is 4.74 Å². The monoisotopic (exact) mass is 276 g/mol. The average Bonchev–Trinajstić information content (AvgIpc) is 3.32. The Morgan fingerprint density at radius 2 is 2.05 bits per heavy atom. The molecule has 1 aromatic carbocycles. The van der Waals surface area contributed by atoms with Crippen LogP contribution in [-0.4, -0.2) is 44.3 Å². The summed E-state index contributed by atoms with van der Waals surface area (Å²) >= 11 is 0. The Labute approximate surface area is 123 Å². The van der Waals surface area contributed by atoms with Gasteiger partial charge in [0, 0.05) is 32.3 Å². The molecule has 0 saturated heterocycles. The molecule has 1 saturated carbocycles. The summed E-state index contributed by atoms with van der Waals surface area (Å²) in [6.07, 6.45) is 3.86. The Kier molecular flexibility index (Phi) is 6.51. The van der Waals surface area contributed by atoms with Crippen molar-refractivity contribution in [3.05, 3.63) is 35.9 Å². The van der Waals surface area contributed by atoms with Gasteiger partial charge in [-0.2, -0.15) is 0 Å². The van der Waals surface area contributed by atoms with Crippen LogP contribution >= 0.6 is 0 Å². The van der Waals surface area contributed by atoms with Gasteiger partial charge in [0.25, 0.3) is 0 Å². The lowest BCUT2D eigenvalue weighted by Crippen LogP contribution is -2.38. The van der Waals surface area contributed by atoms with Gasteiger partial charge >= 0.3 is 0 Å². The van der Waals surface area contributed by atoms with Gasteiger partial charge in [0.2, 0.25) is 0 Å². The summed E-state index contributed by atoms with van der Waals surface area (Å²) in [6, 6.07) is 12.0. The molecule has 1 fully saturated rings. The molecule has 112 valence electrons.